The van der Waals surface area contributed by atoms with Crippen LogP contribution in [0.3, 0.4) is 0 Å². The van der Waals surface area contributed by atoms with E-state index in [0.717, 1.165) is 0 Å². The van der Waals surface area contributed by atoms with E-state index in [-0.39, 0.29) is 5.57 Å². The third-order valence-corrected chi connectivity index (χ3v) is 1.87. The molecule has 0 atom stereocenters. The lowest BCUT2D eigenvalue weighted by atomic mass is 10.1. The Labute approximate surface area is 91.6 Å². The van der Waals surface area contributed by atoms with E-state index < -0.39 is 0 Å². The third-order valence-electron chi connectivity index (χ3n) is 1.44. The highest BCUT2D eigenvalue weighted by molar-refractivity contribution is 6.34. The van der Waals surface area contributed by atoms with Gasteiger partial charge in [0.1, 0.15) is 17.7 Å². The highest BCUT2D eigenvalue weighted by Gasteiger charge is 1.97. The second-order valence-electron chi connectivity index (χ2n) is 2.48. The van der Waals surface area contributed by atoms with Crippen molar-refractivity contribution >= 4 is 29.3 Å². The zero-order chi connectivity index (χ0) is 10.6. The molecule has 0 bridgehead atoms. The van der Waals surface area contributed by atoms with Crippen molar-refractivity contribution in [2.45, 2.75) is 0 Å². The molecule has 1 aromatic carbocycles. The molecule has 0 aliphatic rings. The number of nitriles is 2. The van der Waals surface area contributed by atoms with Gasteiger partial charge in [0.15, 0.2) is 0 Å². The minimum absolute atomic E-state index is 0.0170. The molecule has 14 heavy (non-hydrogen) atoms. The summed E-state index contributed by atoms with van der Waals surface area (Å²) in [6.45, 7) is 0. The first-order valence-electron chi connectivity index (χ1n) is 3.63. The maximum Gasteiger partial charge on any atom is 0.130 e. The van der Waals surface area contributed by atoms with Crippen molar-refractivity contribution in [3.8, 4) is 12.1 Å². The van der Waals surface area contributed by atoms with Crippen LogP contribution in [0, 0.1) is 22.7 Å². The molecule has 0 aromatic heterocycles. The molecule has 0 heterocycles. The van der Waals surface area contributed by atoms with E-state index in [1.807, 2.05) is 0 Å². The highest BCUT2D eigenvalue weighted by Crippen LogP contribution is 2.20. The van der Waals surface area contributed by atoms with E-state index >= 15 is 0 Å². The average molecular weight is 223 g/mol. The zero-order valence-electron chi connectivity index (χ0n) is 6.96. The van der Waals surface area contributed by atoms with Crippen LogP contribution in [0.5, 0.6) is 0 Å². The molecule has 0 saturated carbocycles. The number of benzene rings is 1. The highest BCUT2D eigenvalue weighted by atomic mass is 35.5. The van der Waals surface area contributed by atoms with E-state index in [1.54, 1.807) is 30.3 Å². The summed E-state index contributed by atoms with van der Waals surface area (Å²) < 4.78 is 0. The summed E-state index contributed by atoms with van der Waals surface area (Å²) in [4.78, 5) is 0. The van der Waals surface area contributed by atoms with Crippen molar-refractivity contribution in [2.75, 3.05) is 0 Å². The molecule has 1 aromatic rings. The van der Waals surface area contributed by atoms with Crippen molar-refractivity contribution in [3.05, 3.63) is 39.4 Å². The van der Waals surface area contributed by atoms with E-state index in [0.29, 0.717) is 15.6 Å². The van der Waals surface area contributed by atoms with Crippen LogP contribution in [0.15, 0.2) is 23.8 Å². The molecular formula is C10H4Cl2N2. The molecule has 0 fully saturated rings. The number of hydrogen-bond acceptors (Lipinski definition) is 2. The monoisotopic (exact) mass is 222 g/mol. The topological polar surface area (TPSA) is 47.6 Å². The van der Waals surface area contributed by atoms with Crippen molar-refractivity contribution in [1.82, 2.24) is 0 Å². The molecule has 0 saturated heterocycles. The van der Waals surface area contributed by atoms with Gasteiger partial charge in [0.05, 0.1) is 0 Å². The Hall–Kier alpha value is -1.48. The third kappa shape index (κ3) is 2.78. The normalized spacial score (nSPS) is 8.57. The minimum atomic E-state index is 0.0170. The molecule has 0 radical (unpaired) electrons. The second kappa shape index (κ2) is 4.67. The van der Waals surface area contributed by atoms with Gasteiger partial charge in [-0.2, -0.15) is 10.5 Å². The van der Waals surface area contributed by atoms with Gasteiger partial charge < -0.3 is 0 Å². The maximum absolute atomic E-state index is 8.52. The van der Waals surface area contributed by atoms with Crippen LogP contribution < -0.4 is 0 Å². The molecule has 0 N–H and O–H groups in total. The van der Waals surface area contributed by atoms with Crippen LogP contribution in [0.25, 0.3) is 6.08 Å². The molecule has 2 nitrogen and oxygen atoms in total. The summed E-state index contributed by atoms with van der Waals surface area (Å²) in [7, 11) is 0. The second-order valence-corrected chi connectivity index (χ2v) is 3.36. The molecule has 68 valence electrons. The average Bonchev–Trinajstić information content (AvgIpc) is 2.12. The molecule has 4 heteroatoms. The van der Waals surface area contributed by atoms with Crippen LogP contribution in [-0.4, -0.2) is 0 Å². The molecule has 0 unspecified atom stereocenters. The summed E-state index contributed by atoms with van der Waals surface area (Å²) in [5, 5.41) is 18.0. The Kier molecular flexibility index (Phi) is 3.54. The van der Waals surface area contributed by atoms with Crippen molar-refractivity contribution in [2.24, 2.45) is 0 Å². The molecule has 1 rings (SSSR count). The summed E-state index contributed by atoms with van der Waals surface area (Å²) in [5.41, 5.74) is 0.656. The minimum Gasteiger partial charge on any atom is -0.192 e. The van der Waals surface area contributed by atoms with Crippen molar-refractivity contribution in [1.29, 1.82) is 10.5 Å². The van der Waals surface area contributed by atoms with Crippen LogP contribution in [-0.2, 0) is 0 Å². The summed E-state index contributed by atoms with van der Waals surface area (Å²) in [6, 6.07) is 8.34. The van der Waals surface area contributed by atoms with Crippen LogP contribution in [0.4, 0.5) is 0 Å². The van der Waals surface area contributed by atoms with Gasteiger partial charge in [-0.3, -0.25) is 0 Å². The molecule has 0 aliphatic heterocycles. The van der Waals surface area contributed by atoms with Gasteiger partial charge in [0, 0.05) is 10.0 Å². The molecular weight excluding hydrogens is 219 g/mol. The maximum atomic E-state index is 8.52. The van der Waals surface area contributed by atoms with E-state index in [2.05, 4.69) is 0 Å². The van der Waals surface area contributed by atoms with Crippen LogP contribution >= 0.6 is 23.2 Å². The van der Waals surface area contributed by atoms with Gasteiger partial charge in [0.2, 0.25) is 0 Å². The van der Waals surface area contributed by atoms with E-state index in [1.165, 1.54) is 6.08 Å². The number of nitrogens with zero attached hydrogens (tertiary/aromatic N) is 2. The molecule has 0 amide bonds. The molecule has 0 aliphatic carbocycles. The standard InChI is InChI=1S/C10H4Cl2N2/c11-9-2-7(3-10(12)4-9)1-8(5-13)6-14/h1-4H. The summed E-state index contributed by atoms with van der Waals surface area (Å²) in [5.74, 6) is 0. The van der Waals surface area contributed by atoms with Gasteiger partial charge in [0.25, 0.3) is 0 Å². The number of rotatable bonds is 1. The van der Waals surface area contributed by atoms with Gasteiger partial charge in [-0.1, -0.05) is 23.2 Å². The number of halogens is 2. The van der Waals surface area contributed by atoms with Crippen LogP contribution in [0.1, 0.15) is 5.56 Å². The predicted octanol–water partition coefficient (Wildman–Crippen LogP) is 3.42. The fourth-order valence-corrected chi connectivity index (χ4v) is 1.46. The van der Waals surface area contributed by atoms with Gasteiger partial charge in [-0.15, -0.1) is 0 Å². The lowest BCUT2D eigenvalue weighted by Crippen LogP contribution is -1.77. The summed E-state index contributed by atoms with van der Waals surface area (Å²) >= 11 is 11.5. The first-order chi connectivity index (χ1) is 6.65. The van der Waals surface area contributed by atoms with Crippen molar-refractivity contribution in [3.63, 3.8) is 0 Å². The van der Waals surface area contributed by atoms with E-state index in [4.69, 9.17) is 33.7 Å². The molecule has 0 spiro atoms. The first-order valence-corrected chi connectivity index (χ1v) is 4.39. The van der Waals surface area contributed by atoms with Crippen molar-refractivity contribution < 1.29 is 0 Å². The number of hydrogen-bond donors (Lipinski definition) is 0. The lowest BCUT2D eigenvalue weighted by Gasteiger charge is -1.96. The SMILES string of the molecule is N#CC(C#N)=Cc1cc(Cl)cc(Cl)c1. The Morgan fingerprint density at radius 2 is 1.57 bits per heavy atom. The fourth-order valence-electron chi connectivity index (χ4n) is 0.915. The lowest BCUT2D eigenvalue weighted by molar-refractivity contribution is 1.47. The Morgan fingerprint density at radius 3 is 2.00 bits per heavy atom. The van der Waals surface area contributed by atoms with Gasteiger partial charge in [-0.05, 0) is 29.8 Å². The van der Waals surface area contributed by atoms with Gasteiger partial charge >= 0.3 is 0 Å². The Balaban J connectivity index is 3.17. The van der Waals surface area contributed by atoms with Gasteiger partial charge in [-0.25, -0.2) is 0 Å². The largest absolute Gasteiger partial charge is 0.192 e. The Bertz CT molecular complexity index is 428. The fraction of sp³-hybridized carbons (Fsp3) is 0. The quantitative estimate of drug-likeness (QED) is 0.684. The smallest absolute Gasteiger partial charge is 0.130 e. The summed E-state index contributed by atoms with van der Waals surface area (Å²) in [6.07, 6.45) is 1.43. The zero-order valence-corrected chi connectivity index (χ0v) is 8.47. The van der Waals surface area contributed by atoms with E-state index in [9.17, 15) is 0 Å². The first kappa shape index (κ1) is 10.6. The predicted molar refractivity (Wildman–Crippen MR) is 55.7 cm³/mol. The Morgan fingerprint density at radius 1 is 1.07 bits per heavy atom. The van der Waals surface area contributed by atoms with Crippen LogP contribution in [0.2, 0.25) is 10.0 Å². The number of allylic oxidation sites excluding steroid dienone is 1.